The van der Waals surface area contributed by atoms with Gasteiger partial charge in [0.05, 0.1) is 0 Å². The van der Waals surface area contributed by atoms with E-state index in [1.807, 2.05) is 20.8 Å². The molecule has 1 aliphatic carbocycles. The zero-order valence-electron chi connectivity index (χ0n) is 9.75. The molecule has 1 aliphatic heterocycles. The fraction of sp³-hybridized carbons (Fsp3) is 0.750. The van der Waals surface area contributed by atoms with Crippen LogP contribution < -0.4 is 0 Å². The molecule has 0 N–H and O–H groups in total. The van der Waals surface area contributed by atoms with Gasteiger partial charge in [-0.3, -0.25) is 0 Å². The molecule has 0 radical (unpaired) electrons. The Labute approximate surface area is 91.1 Å². The van der Waals surface area contributed by atoms with Crippen molar-refractivity contribution in [2.45, 2.75) is 39.2 Å². The maximum Gasteiger partial charge on any atom is 0.410 e. The molecule has 2 aliphatic rings. The van der Waals surface area contributed by atoms with Crippen molar-refractivity contribution in [2.75, 3.05) is 13.1 Å². The van der Waals surface area contributed by atoms with Crippen LogP contribution in [-0.4, -0.2) is 29.7 Å². The first-order valence-electron chi connectivity index (χ1n) is 5.62. The van der Waals surface area contributed by atoms with Gasteiger partial charge in [-0.2, -0.15) is 0 Å². The quantitative estimate of drug-likeness (QED) is 0.621. The maximum absolute atomic E-state index is 11.7. The summed E-state index contributed by atoms with van der Waals surface area (Å²) in [5.74, 6) is 0.762. The van der Waals surface area contributed by atoms with Crippen LogP contribution >= 0.6 is 0 Å². The van der Waals surface area contributed by atoms with E-state index in [4.69, 9.17) is 4.74 Å². The van der Waals surface area contributed by atoms with Crippen molar-refractivity contribution in [2.24, 2.45) is 5.92 Å². The Kier molecular flexibility index (Phi) is 2.49. The number of nitrogens with zero attached hydrogens (tertiary/aromatic N) is 1. The van der Waals surface area contributed by atoms with Crippen LogP contribution in [-0.2, 0) is 4.74 Å². The van der Waals surface area contributed by atoms with Crippen molar-refractivity contribution in [3.63, 3.8) is 0 Å². The van der Waals surface area contributed by atoms with Crippen molar-refractivity contribution in [3.05, 3.63) is 11.6 Å². The van der Waals surface area contributed by atoms with Gasteiger partial charge in [0.25, 0.3) is 0 Å². The van der Waals surface area contributed by atoms with Gasteiger partial charge in [-0.05, 0) is 45.1 Å². The van der Waals surface area contributed by atoms with Gasteiger partial charge >= 0.3 is 6.09 Å². The molecule has 15 heavy (non-hydrogen) atoms. The minimum atomic E-state index is -0.389. The smallest absolute Gasteiger partial charge is 0.410 e. The summed E-state index contributed by atoms with van der Waals surface area (Å²) in [5, 5.41) is 0. The lowest BCUT2D eigenvalue weighted by molar-refractivity contribution is 0.0300. The maximum atomic E-state index is 11.7. The van der Waals surface area contributed by atoms with E-state index < -0.39 is 0 Å². The van der Waals surface area contributed by atoms with Gasteiger partial charge in [0.15, 0.2) is 0 Å². The zero-order chi connectivity index (χ0) is 11.1. The lowest BCUT2D eigenvalue weighted by Gasteiger charge is -2.24. The first kappa shape index (κ1) is 10.5. The Morgan fingerprint density at radius 2 is 2.13 bits per heavy atom. The average molecular weight is 209 g/mol. The van der Waals surface area contributed by atoms with Gasteiger partial charge in [0.2, 0.25) is 0 Å². The van der Waals surface area contributed by atoms with E-state index >= 15 is 0 Å². The molecule has 3 heteroatoms. The topological polar surface area (TPSA) is 29.5 Å². The van der Waals surface area contributed by atoms with Gasteiger partial charge in [-0.1, -0.05) is 6.08 Å². The molecule has 1 saturated carbocycles. The third-order valence-corrected chi connectivity index (χ3v) is 2.70. The van der Waals surface area contributed by atoms with Crippen LogP contribution in [0.4, 0.5) is 4.79 Å². The SMILES string of the molecule is CC(C)(C)OC(=O)N1CC=C(C2CC2)C1. The molecule has 1 fully saturated rings. The summed E-state index contributed by atoms with van der Waals surface area (Å²) in [5.41, 5.74) is 1.04. The highest BCUT2D eigenvalue weighted by molar-refractivity contribution is 5.69. The average Bonchev–Trinajstić information content (AvgIpc) is 2.81. The summed E-state index contributed by atoms with van der Waals surface area (Å²) < 4.78 is 5.32. The van der Waals surface area contributed by atoms with Crippen molar-refractivity contribution in [1.29, 1.82) is 0 Å². The number of rotatable bonds is 1. The molecule has 0 spiro atoms. The minimum absolute atomic E-state index is 0.186. The normalized spacial score (nSPS) is 21.5. The highest BCUT2D eigenvalue weighted by atomic mass is 16.6. The van der Waals surface area contributed by atoms with Crippen LogP contribution in [0.1, 0.15) is 33.6 Å². The second kappa shape index (κ2) is 3.54. The molecule has 1 heterocycles. The van der Waals surface area contributed by atoms with E-state index in [2.05, 4.69) is 6.08 Å². The number of hydrogen-bond acceptors (Lipinski definition) is 2. The Hall–Kier alpha value is -0.990. The van der Waals surface area contributed by atoms with Crippen LogP contribution in [0, 0.1) is 5.92 Å². The van der Waals surface area contributed by atoms with Crippen LogP contribution in [0.5, 0.6) is 0 Å². The van der Waals surface area contributed by atoms with Crippen LogP contribution in [0.3, 0.4) is 0 Å². The molecular formula is C12H19NO2. The third-order valence-electron chi connectivity index (χ3n) is 2.70. The Bertz CT molecular complexity index is 297. The molecular weight excluding hydrogens is 190 g/mol. The number of hydrogen-bond donors (Lipinski definition) is 0. The van der Waals surface area contributed by atoms with E-state index in [0.29, 0.717) is 0 Å². The van der Waals surface area contributed by atoms with Gasteiger partial charge in [0, 0.05) is 13.1 Å². The first-order valence-corrected chi connectivity index (χ1v) is 5.62. The lowest BCUT2D eigenvalue weighted by atomic mass is 10.2. The number of amides is 1. The standard InChI is InChI=1S/C12H19NO2/c1-12(2,3)15-11(14)13-7-6-10(8-13)9-4-5-9/h6,9H,4-5,7-8H2,1-3H3. The second-order valence-corrected chi connectivity index (χ2v) is 5.41. The summed E-state index contributed by atoms with van der Waals surface area (Å²) in [6, 6.07) is 0. The first-order chi connectivity index (χ1) is 6.96. The van der Waals surface area contributed by atoms with E-state index in [0.717, 1.165) is 19.0 Å². The molecule has 0 atom stereocenters. The lowest BCUT2D eigenvalue weighted by Crippen LogP contribution is -2.35. The zero-order valence-corrected chi connectivity index (χ0v) is 9.75. The summed E-state index contributed by atoms with van der Waals surface area (Å²) >= 11 is 0. The number of ether oxygens (including phenoxy) is 1. The highest BCUT2D eigenvalue weighted by Gasteiger charge is 2.32. The summed E-state index contributed by atoms with van der Waals surface area (Å²) in [6.07, 6.45) is 4.60. The van der Waals surface area contributed by atoms with Crippen molar-refractivity contribution < 1.29 is 9.53 Å². The van der Waals surface area contributed by atoms with E-state index in [-0.39, 0.29) is 11.7 Å². The predicted octanol–water partition coefficient (Wildman–Crippen LogP) is 2.57. The van der Waals surface area contributed by atoms with Crippen LogP contribution in [0.2, 0.25) is 0 Å². The molecule has 84 valence electrons. The van der Waals surface area contributed by atoms with E-state index in [1.54, 1.807) is 4.90 Å². The fourth-order valence-corrected chi connectivity index (χ4v) is 1.79. The molecule has 0 aromatic rings. The van der Waals surface area contributed by atoms with E-state index in [9.17, 15) is 4.79 Å². The highest BCUT2D eigenvalue weighted by Crippen LogP contribution is 2.38. The minimum Gasteiger partial charge on any atom is -0.444 e. The van der Waals surface area contributed by atoms with Crippen molar-refractivity contribution in [1.82, 2.24) is 4.90 Å². The monoisotopic (exact) mass is 209 g/mol. The number of carbonyl (C=O) groups excluding carboxylic acids is 1. The summed E-state index contributed by atoms with van der Waals surface area (Å²) in [6.45, 7) is 7.20. The van der Waals surface area contributed by atoms with Gasteiger partial charge in [-0.25, -0.2) is 4.79 Å². The van der Waals surface area contributed by atoms with Gasteiger partial charge < -0.3 is 9.64 Å². The molecule has 0 unspecified atom stereocenters. The molecule has 2 rings (SSSR count). The Balaban J connectivity index is 1.84. The molecule has 3 nitrogen and oxygen atoms in total. The second-order valence-electron chi connectivity index (χ2n) is 5.41. The molecule has 0 bridgehead atoms. The van der Waals surface area contributed by atoms with Gasteiger partial charge in [0.1, 0.15) is 5.60 Å². The Morgan fingerprint density at radius 3 is 2.67 bits per heavy atom. The molecule has 0 aromatic heterocycles. The summed E-state index contributed by atoms with van der Waals surface area (Å²) in [7, 11) is 0. The Morgan fingerprint density at radius 1 is 1.47 bits per heavy atom. The van der Waals surface area contributed by atoms with Crippen LogP contribution in [0.25, 0.3) is 0 Å². The predicted molar refractivity (Wildman–Crippen MR) is 58.6 cm³/mol. The summed E-state index contributed by atoms with van der Waals surface area (Å²) in [4.78, 5) is 13.5. The molecule has 0 saturated heterocycles. The molecule has 1 amide bonds. The van der Waals surface area contributed by atoms with E-state index in [1.165, 1.54) is 18.4 Å². The van der Waals surface area contributed by atoms with Crippen LogP contribution in [0.15, 0.2) is 11.6 Å². The fourth-order valence-electron chi connectivity index (χ4n) is 1.79. The largest absolute Gasteiger partial charge is 0.444 e. The van der Waals surface area contributed by atoms with Crippen molar-refractivity contribution in [3.8, 4) is 0 Å². The van der Waals surface area contributed by atoms with Crippen molar-refractivity contribution >= 4 is 6.09 Å². The number of carbonyl (C=O) groups is 1. The third kappa shape index (κ3) is 2.74. The van der Waals surface area contributed by atoms with Gasteiger partial charge in [-0.15, -0.1) is 0 Å². The molecule has 0 aromatic carbocycles.